The molecule has 1 aromatic carbocycles. The van der Waals surface area contributed by atoms with Crippen LogP contribution in [0.2, 0.25) is 0 Å². The average molecular weight is 430 g/mol. The summed E-state index contributed by atoms with van der Waals surface area (Å²) in [7, 11) is 1.24. The molecule has 0 radical (unpaired) electrons. The fourth-order valence-electron chi connectivity index (χ4n) is 3.33. The van der Waals surface area contributed by atoms with E-state index in [4.69, 9.17) is 20.6 Å². The molecule has 2 heterocycles. The maximum atomic E-state index is 14.4. The number of hydrogen-bond acceptors (Lipinski definition) is 7. The third-order valence-electron chi connectivity index (χ3n) is 4.61. The Morgan fingerprint density at radius 2 is 1.97 bits per heavy atom. The standard InChI is InChI=1S/C21H24F2N6O2/c1-12-10-29(11-13(2)31-12)21-26-7-6-18(28-21)27-17(25)8-14(9-24)15-4-5-16(30-3)20(23)19(15)22/h4-9,12-13,24H,10-11H2,1-3H3,(H2,25,26,27,28)/b14-8+,24-9?/t12-,13+. The Balaban J connectivity index is 1.88. The van der Waals surface area contributed by atoms with Crippen LogP contribution >= 0.6 is 0 Å². The highest BCUT2D eigenvalue weighted by atomic mass is 19.2. The predicted octanol–water partition coefficient (Wildman–Crippen LogP) is 3.10. The first-order valence-corrected chi connectivity index (χ1v) is 9.64. The van der Waals surface area contributed by atoms with Crippen LogP contribution < -0.4 is 15.4 Å². The number of rotatable bonds is 6. The van der Waals surface area contributed by atoms with Gasteiger partial charge in [-0.1, -0.05) is 0 Å². The molecule has 0 spiro atoms. The predicted molar refractivity (Wildman–Crippen MR) is 115 cm³/mol. The Hall–Kier alpha value is -3.40. The Bertz CT molecular complexity index is 1020. The second-order valence-corrected chi connectivity index (χ2v) is 7.10. The molecule has 1 fully saturated rings. The zero-order chi connectivity index (χ0) is 22.5. The van der Waals surface area contributed by atoms with E-state index in [2.05, 4.69) is 15.0 Å². The monoisotopic (exact) mass is 430 g/mol. The highest BCUT2D eigenvalue weighted by molar-refractivity contribution is 6.16. The van der Waals surface area contributed by atoms with Crippen molar-refractivity contribution in [2.75, 3.05) is 25.1 Å². The molecule has 0 unspecified atom stereocenters. The zero-order valence-corrected chi connectivity index (χ0v) is 17.5. The van der Waals surface area contributed by atoms with Crippen LogP contribution in [-0.2, 0) is 4.74 Å². The minimum atomic E-state index is -1.14. The molecule has 1 aliphatic heterocycles. The number of hydrogen-bond donors (Lipinski definition) is 2. The maximum Gasteiger partial charge on any atom is 0.227 e. The van der Waals surface area contributed by atoms with E-state index in [1.165, 1.54) is 25.3 Å². The smallest absolute Gasteiger partial charge is 0.227 e. The molecule has 164 valence electrons. The lowest BCUT2D eigenvalue weighted by Crippen LogP contribution is -2.46. The van der Waals surface area contributed by atoms with Crippen molar-refractivity contribution in [1.82, 2.24) is 9.97 Å². The number of ether oxygens (including phenoxy) is 2. The first-order valence-electron chi connectivity index (χ1n) is 9.64. The summed E-state index contributed by atoms with van der Waals surface area (Å²) in [5, 5.41) is 7.57. The molecule has 8 nitrogen and oxygen atoms in total. The number of nitrogens with one attached hydrogen (secondary N) is 1. The van der Waals surface area contributed by atoms with Crippen molar-refractivity contribution in [2.24, 2.45) is 10.7 Å². The van der Waals surface area contributed by atoms with Crippen molar-refractivity contribution in [3.05, 3.63) is 47.7 Å². The van der Waals surface area contributed by atoms with E-state index in [9.17, 15) is 8.78 Å². The molecule has 3 rings (SSSR count). The largest absolute Gasteiger partial charge is 0.494 e. The molecule has 2 aromatic rings. The number of benzene rings is 1. The molecule has 10 heteroatoms. The molecule has 0 amide bonds. The van der Waals surface area contributed by atoms with E-state index in [-0.39, 0.29) is 34.9 Å². The van der Waals surface area contributed by atoms with Gasteiger partial charge in [0.25, 0.3) is 0 Å². The van der Waals surface area contributed by atoms with Crippen molar-refractivity contribution in [3.8, 4) is 5.75 Å². The van der Waals surface area contributed by atoms with Crippen molar-refractivity contribution < 1.29 is 18.3 Å². The van der Waals surface area contributed by atoms with Crippen LogP contribution in [0.1, 0.15) is 19.4 Å². The third kappa shape index (κ3) is 5.21. The van der Waals surface area contributed by atoms with E-state index < -0.39 is 11.6 Å². The van der Waals surface area contributed by atoms with Gasteiger partial charge in [0, 0.05) is 42.7 Å². The number of methoxy groups -OCH3 is 1. The quantitative estimate of drug-likeness (QED) is 0.538. The van der Waals surface area contributed by atoms with E-state index in [0.717, 1.165) is 6.21 Å². The zero-order valence-electron chi connectivity index (χ0n) is 17.5. The summed E-state index contributed by atoms with van der Waals surface area (Å²) in [4.78, 5) is 14.9. The van der Waals surface area contributed by atoms with Crippen molar-refractivity contribution in [2.45, 2.75) is 26.1 Å². The van der Waals surface area contributed by atoms with Crippen molar-refractivity contribution in [1.29, 1.82) is 5.41 Å². The maximum absolute atomic E-state index is 14.4. The fraction of sp³-hybridized carbons (Fsp3) is 0.333. The van der Waals surface area contributed by atoms with Gasteiger partial charge >= 0.3 is 0 Å². The summed E-state index contributed by atoms with van der Waals surface area (Å²) < 4.78 is 38.9. The second-order valence-electron chi connectivity index (χ2n) is 7.10. The van der Waals surface area contributed by atoms with Gasteiger partial charge in [-0.15, -0.1) is 0 Å². The van der Waals surface area contributed by atoms with Crippen molar-refractivity contribution in [3.63, 3.8) is 0 Å². The van der Waals surface area contributed by atoms with E-state index in [0.29, 0.717) is 24.9 Å². The Labute approximate surface area is 178 Å². The Morgan fingerprint density at radius 3 is 2.61 bits per heavy atom. The Kier molecular flexibility index (Phi) is 6.91. The molecule has 0 bridgehead atoms. The van der Waals surface area contributed by atoms with Crippen LogP contribution in [0.15, 0.2) is 35.5 Å². The van der Waals surface area contributed by atoms with Crippen LogP contribution in [-0.4, -0.2) is 54.4 Å². The van der Waals surface area contributed by atoms with E-state index in [1.807, 2.05) is 18.7 Å². The molecule has 3 N–H and O–H groups in total. The summed E-state index contributed by atoms with van der Waals surface area (Å²) in [6.45, 7) is 5.25. The summed E-state index contributed by atoms with van der Waals surface area (Å²) in [6.07, 6.45) is 3.80. The van der Waals surface area contributed by atoms with Gasteiger partial charge < -0.3 is 25.5 Å². The third-order valence-corrected chi connectivity index (χ3v) is 4.61. The number of anilines is 1. The molecule has 0 aliphatic carbocycles. The topological polar surface area (TPSA) is 110 Å². The van der Waals surface area contributed by atoms with Gasteiger partial charge in [-0.3, -0.25) is 0 Å². The lowest BCUT2D eigenvalue weighted by Gasteiger charge is -2.35. The molecular weight excluding hydrogens is 406 g/mol. The van der Waals surface area contributed by atoms with Crippen LogP contribution in [0.3, 0.4) is 0 Å². The number of nitrogens with two attached hydrogens (primary N) is 1. The number of aromatic nitrogens is 2. The number of nitrogens with zero attached hydrogens (tertiary/aromatic N) is 4. The second kappa shape index (κ2) is 9.61. The lowest BCUT2D eigenvalue weighted by molar-refractivity contribution is -0.00571. The first-order chi connectivity index (χ1) is 14.8. The van der Waals surface area contributed by atoms with Gasteiger partial charge in [-0.25, -0.2) is 14.4 Å². The molecule has 1 saturated heterocycles. The number of aliphatic imine (C=N–C) groups is 1. The average Bonchev–Trinajstić information content (AvgIpc) is 2.73. The Morgan fingerprint density at radius 1 is 1.26 bits per heavy atom. The minimum absolute atomic E-state index is 0.0255. The number of amidine groups is 1. The fourth-order valence-corrected chi connectivity index (χ4v) is 3.33. The van der Waals surface area contributed by atoms with Crippen LogP contribution in [0, 0.1) is 17.0 Å². The summed E-state index contributed by atoms with van der Waals surface area (Å²) in [5.41, 5.74) is 5.89. The van der Waals surface area contributed by atoms with Crippen LogP contribution in [0.4, 0.5) is 20.5 Å². The van der Waals surface area contributed by atoms with Gasteiger partial charge in [-0.2, -0.15) is 9.37 Å². The summed E-state index contributed by atoms with van der Waals surface area (Å²) in [5.74, 6) is -1.73. The highest BCUT2D eigenvalue weighted by Crippen LogP contribution is 2.26. The highest BCUT2D eigenvalue weighted by Gasteiger charge is 2.24. The lowest BCUT2D eigenvalue weighted by atomic mass is 10.0. The van der Waals surface area contributed by atoms with Gasteiger partial charge in [0.15, 0.2) is 17.4 Å². The van der Waals surface area contributed by atoms with Crippen molar-refractivity contribution >= 4 is 29.4 Å². The normalized spacial score (nSPS) is 20.0. The molecule has 0 saturated carbocycles. The summed E-state index contributed by atoms with van der Waals surface area (Å²) >= 11 is 0. The summed E-state index contributed by atoms with van der Waals surface area (Å²) in [6, 6.07) is 4.17. The minimum Gasteiger partial charge on any atom is -0.494 e. The van der Waals surface area contributed by atoms with Gasteiger partial charge in [0.05, 0.1) is 19.3 Å². The number of morpholine rings is 1. The molecule has 1 aliphatic rings. The molecule has 1 aromatic heterocycles. The first kappa shape index (κ1) is 22.3. The van der Waals surface area contributed by atoms with E-state index >= 15 is 0 Å². The molecule has 31 heavy (non-hydrogen) atoms. The molecular formula is C21H24F2N6O2. The number of halogens is 2. The SMILES string of the molecule is COc1ccc(/C(C=N)=C/C(N)=Nc2ccnc(N3C[C@@H](C)O[C@@H](C)C3)n2)c(F)c1F. The molecule has 2 atom stereocenters. The van der Waals surface area contributed by atoms with Crippen LogP contribution in [0.25, 0.3) is 5.57 Å². The van der Waals surface area contributed by atoms with Gasteiger partial charge in [-0.05, 0) is 32.1 Å². The van der Waals surface area contributed by atoms with Crippen LogP contribution in [0.5, 0.6) is 5.75 Å². The van der Waals surface area contributed by atoms with E-state index in [1.54, 1.807) is 12.3 Å². The van der Waals surface area contributed by atoms with Gasteiger partial charge in [0.1, 0.15) is 5.84 Å². The number of allylic oxidation sites excluding steroid dienone is 1. The van der Waals surface area contributed by atoms with Gasteiger partial charge in [0.2, 0.25) is 11.8 Å².